The molecule has 1 aromatic heterocycles. The van der Waals surface area contributed by atoms with Crippen LogP contribution in [0.4, 0.5) is 5.13 Å². The Morgan fingerprint density at radius 1 is 1.21 bits per heavy atom. The molecule has 102 valence electrons. The van der Waals surface area contributed by atoms with E-state index < -0.39 is 0 Å². The van der Waals surface area contributed by atoms with Gasteiger partial charge in [-0.25, -0.2) is 4.98 Å². The van der Waals surface area contributed by atoms with E-state index in [-0.39, 0.29) is 5.41 Å². The zero-order valence-electron chi connectivity index (χ0n) is 11.6. The highest BCUT2D eigenvalue weighted by molar-refractivity contribution is 7.09. The molecule has 0 fully saturated rings. The van der Waals surface area contributed by atoms with Crippen LogP contribution >= 0.6 is 11.5 Å². The summed E-state index contributed by atoms with van der Waals surface area (Å²) in [5.41, 5.74) is 8.09. The number of nitrogens with one attached hydrogen (secondary N) is 1. The third-order valence-electron chi connectivity index (χ3n) is 2.87. The van der Waals surface area contributed by atoms with E-state index in [2.05, 4.69) is 47.6 Å². The first-order valence-corrected chi connectivity index (χ1v) is 7.13. The molecule has 0 aliphatic carbocycles. The van der Waals surface area contributed by atoms with Crippen molar-refractivity contribution in [3.63, 3.8) is 0 Å². The molecule has 0 spiro atoms. The Hall–Kier alpha value is -1.46. The van der Waals surface area contributed by atoms with Gasteiger partial charge in [0.05, 0.1) is 0 Å². The van der Waals surface area contributed by atoms with E-state index in [4.69, 9.17) is 5.73 Å². The third kappa shape index (κ3) is 3.52. The SMILES string of the molecule is CC(C)(C)c1nsc(NCc2ccccc2CN)n1. The number of hydrogen-bond acceptors (Lipinski definition) is 5. The van der Waals surface area contributed by atoms with Crippen LogP contribution in [-0.2, 0) is 18.5 Å². The lowest BCUT2D eigenvalue weighted by Gasteiger charge is -2.12. The molecule has 1 aromatic carbocycles. The van der Waals surface area contributed by atoms with Gasteiger partial charge < -0.3 is 11.1 Å². The predicted octanol–water partition coefficient (Wildman–Crippen LogP) is 2.91. The Labute approximate surface area is 118 Å². The van der Waals surface area contributed by atoms with Crippen LogP contribution in [0.15, 0.2) is 24.3 Å². The monoisotopic (exact) mass is 276 g/mol. The molecule has 2 rings (SSSR count). The fourth-order valence-electron chi connectivity index (χ4n) is 1.70. The second kappa shape index (κ2) is 5.67. The van der Waals surface area contributed by atoms with E-state index >= 15 is 0 Å². The molecule has 1 heterocycles. The molecule has 0 atom stereocenters. The van der Waals surface area contributed by atoms with Crippen LogP contribution < -0.4 is 11.1 Å². The predicted molar refractivity (Wildman–Crippen MR) is 80.3 cm³/mol. The molecule has 3 N–H and O–H groups in total. The summed E-state index contributed by atoms with van der Waals surface area (Å²) in [6.07, 6.45) is 0. The highest BCUT2D eigenvalue weighted by Crippen LogP contribution is 2.23. The summed E-state index contributed by atoms with van der Waals surface area (Å²) in [5, 5.41) is 4.18. The van der Waals surface area contributed by atoms with Crippen LogP contribution in [0, 0.1) is 0 Å². The zero-order valence-corrected chi connectivity index (χ0v) is 12.4. The quantitative estimate of drug-likeness (QED) is 0.901. The molecule has 19 heavy (non-hydrogen) atoms. The van der Waals surface area contributed by atoms with Crippen molar-refractivity contribution >= 4 is 16.7 Å². The summed E-state index contributed by atoms with van der Waals surface area (Å²) in [7, 11) is 0. The van der Waals surface area contributed by atoms with Crippen molar-refractivity contribution < 1.29 is 0 Å². The number of hydrogen-bond donors (Lipinski definition) is 2. The van der Waals surface area contributed by atoms with E-state index in [1.807, 2.05) is 12.1 Å². The van der Waals surface area contributed by atoms with Gasteiger partial charge in [0.25, 0.3) is 0 Å². The Morgan fingerprint density at radius 2 is 1.89 bits per heavy atom. The van der Waals surface area contributed by atoms with Crippen molar-refractivity contribution in [1.82, 2.24) is 9.36 Å². The van der Waals surface area contributed by atoms with Crippen molar-refractivity contribution in [2.75, 3.05) is 5.32 Å². The van der Waals surface area contributed by atoms with Gasteiger partial charge in [-0.3, -0.25) is 0 Å². The minimum atomic E-state index is -0.00834. The highest BCUT2D eigenvalue weighted by atomic mass is 32.1. The average Bonchev–Trinajstić information content (AvgIpc) is 2.85. The van der Waals surface area contributed by atoms with Crippen molar-refractivity contribution in [1.29, 1.82) is 0 Å². The number of rotatable bonds is 4. The maximum Gasteiger partial charge on any atom is 0.202 e. The van der Waals surface area contributed by atoms with Crippen LogP contribution in [-0.4, -0.2) is 9.36 Å². The van der Waals surface area contributed by atoms with Gasteiger partial charge in [-0.1, -0.05) is 45.0 Å². The lowest BCUT2D eigenvalue weighted by molar-refractivity contribution is 0.555. The van der Waals surface area contributed by atoms with Gasteiger partial charge in [0.1, 0.15) is 5.82 Å². The van der Waals surface area contributed by atoms with E-state index in [0.29, 0.717) is 6.54 Å². The molecule has 0 amide bonds. The summed E-state index contributed by atoms with van der Waals surface area (Å²) >= 11 is 1.41. The van der Waals surface area contributed by atoms with E-state index in [0.717, 1.165) is 23.1 Å². The molecule has 0 radical (unpaired) electrons. The highest BCUT2D eigenvalue weighted by Gasteiger charge is 2.19. The molecule has 0 bridgehead atoms. The molecule has 4 nitrogen and oxygen atoms in total. The normalized spacial score (nSPS) is 11.6. The fourth-order valence-corrected chi connectivity index (χ4v) is 2.45. The number of benzene rings is 1. The van der Waals surface area contributed by atoms with Gasteiger partial charge >= 0.3 is 0 Å². The van der Waals surface area contributed by atoms with Crippen LogP contribution in [0.3, 0.4) is 0 Å². The number of anilines is 1. The molecule has 0 unspecified atom stereocenters. The minimum absolute atomic E-state index is 0.00834. The van der Waals surface area contributed by atoms with Crippen LogP contribution in [0.1, 0.15) is 37.7 Å². The summed E-state index contributed by atoms with van der Waals surface area (Å²) in [6, 6.07) is 8.17. The van der Waals surface area contributed by atoms with E-state index in [1.54, 1.807) is 0 Å². The van der Waals surface area contributed by atoms with Gasteiger partial charge in [0.2, 0.25) is 5.13 Å². The molecule has 5 heteroatoms. The number of nitrogens with zero attached hydrogens (tertiary/aromatic N) is 2. The first-order valence-electron chi connectivity index (χ1n) is 6.35. The summed E-state index contributed by atoms with van der Waals surface area (Å²) in [5.74, 6) is 0.882. The van der Waals surface area contributed by atoms with Crippen molar-refractivity contribution in [2.24, 2.45) is 5.73 Å². The Morgan fingerprint density at radius 3 is 2.47 bits per heavy atom. The van der Waals surface area contributed by atoms with Crippen LogP contribution in [0.2, 0.25) is 0 Å². The molecule has 2 aromatic rings. The van der Waals surface area contributed by atoms with Crippen molar-refractivity contribution in [2.45, 2.75) is 39.3 Å². The summed E-state index contributed by atoms with van der Waals surface area (Å²) in [6.45, 7) is 7.63. The van der Waals surface area contributed by atoms with Crippen molar-refractivity contribution in [3.8, 4) is 0 Å². The van der Waals surface area contributed by atoms with Crippen molar-refractivity contribution in [3.05, 3.63) is 41.2 Å². The zero-order chi connectivity index (χ0) is 13.9. The minimum Gasteiger partial charge on any atom is -0.356 e. The first-order chi connectivity index (χ1) is 9.00. The first kappa shape index (κ1) is 14.0. The van der Waals surface area contributed by atoms with Gasteiger partial charge in [-0.05, 0) is 11.1 Å². The van der Waals surface area contributed by atoms with Gasteiger partial charge in [-0.15, -0.1) is 0 Å². The van der Waals surface area contributed by atoms with E-state index in [9.17, 15) is 0 Å². The lowest BCUT2D eigenvalue weighted by Crippen LogP contribution is -2.13. The van der Waals surface area contributed by atoms with Gasteiger partial charge in [0, 0.05) is 30.0 Å². The van der Waals surface area contributed by atoms with Crippen LogP contribution in [0.5, 0.6) is 0 Å². The topological polar surface area (TPSA) is 63.8 Å². The molecule has 0 saturated carbocycles. The Balaban J connectivity index is 2.05. The second-order valence-electron chi connectivity index (χ2n) is 5.50. The fraction of sp³-hybridized carbons (Fsp3) is 0.429. The van der Waals surface area contributed by atoms with E-state index in [1.165, 1.54) is 17.1 Å². The number of nitrogens with two attached hydrogens (primary N) is 1. The summed E-state index contributed by atoms with van der Waals surface area (Å²) < 4.78 is 4.39. The standard InChI is InChI=1S/C14H20N4S/c1-14(2,3)12-17-13(19-18-12)16-9-11-7-5-4-6-10(11)8-15/h4-7H,8-9,15H2,1-3H3,(H,16,17,18). The molecule has 0 aliphatic rings. The molecular formula is C14H20N4S. The largest absolute Gasteiger partial charge is 0.356 e. The maximum atomic E-state index is 5.73. The second-order valence-corrected chi connectivity index (χ2v) is 6.25. The molecule has 0 saturated heterocycles. The smallest absolute Gasteiger partial charge is 0.202 e. The molecule has 0 aliphatic heterocycles. The van der Waals surface area contributed by atoms with Gasteiger partial charge in [-0.2, -0.15) is 4.37 Å². The Bertz CT molecular complexity index is 542. The van der Waals surface area contributed by atoms with Gasteiger partial charge in [0.15, 0.2) is 0 Å². The third-order valence-corrected chi connectivity index (χ3v) is 3.54. The molecular weight excluding hydrogens is 256 g/mol. The average molecular weight is 276 g/mol. The number of aromatic nitrogens is 2. The summed E-state index contributed by atoms with van der Waals surface area (Å²) in [4.78, 5) is 4.52. The maximum absolute atomic E-state index is 5.73. The van der Waals surface area contributed by atoms with Crippen LogP contribution in [0.25, 0.3) is 0 Å². The lowest BCUT2D eigenvalue weighted by atomic mass is 9.96. The Kier molecular flexibility index (Phi) is 4.17.